The number of hydrogen-bond acceptors (Lipinski definition) is 3. The van der Waals surface area contributed by atoms with Gasteiger partial charge < -0.3 is 10.4 Å². The lowest BCUT2D eigenvalue weighted by molar-refractivity contribution is -0.144. The van der Waals surface area contributed by atoms with Crippen molar-refractivity contribution in [2.24, 2.45) is 5.92 Å². The van der Waals surface area contributed by atoms with Gasteiger partial charge in [0.2, 0.25) is 5.91 Å². The van der Waals surface area contributed by atoms with Crippen LogP contribution in [-0.2, 0) is 9.59 Å². The summed E-state index contributed by atoms with van der Waals surface area (Å²) >= 11 is 0. The molecule has 0 bridgehead atoms. The zero-order chi connectivity index (χ0) is 13.5. The molecule has 5 heteroatoms. The second-order valence-corrected chi connectivity index (χ2v) is 4.99. The Kier molecular flexibility index (Phi) is 6.12. The number of carbonyl (C=O) groups is 2. The Morgan fingerprint density at radius 3 is 2.83 bits per heavy atom. The fourth-order valence-corrected chi connectivity index (χ4v) is 2.26. The van der Waals surface area contributed by atoms with E-state index in [4.69, 9.17) is 5.11 Å². The lowest BCUT2D eigenvalue weighted by atomic mass is 9.96. The predicted molar refractivity (Wildman–Crippen MR) is 69.3 cm³/mol. The normalized spacial score (nSPS) is 22.4. The van der Waals surface area contributed by atoms with E-state index in [0.29, 0.717) is 6.54 Å². The summed E-state index contributed by atoms with van der Waals surface area (Å²) in [4.78, 5) is 24.8. The molecule has 1 saturated heterocycles. The molecule has 0 aromatic carbocycles. The number of carbonyl (C=O) groups excluding carboxylic acids is 1. The lowest BCUT2D eigenvalue weighted by Crippen LogP contribution is -2.48. The van der Waals surface area contributed by atoms with Crippen LogP contribution in [-0.4, -0.2) is 47.6 Å². The van der Waals surface area contributed by atoms with Gasteiger partial charge in [0.05, 0.1) is 5.92 Å². The average Bonchev–Trinajstić information content (AvgIpc) is 2.38. The number of nitrogens with one attached hydrogen (secondary N) is 1. The number of hydrogen-bond donors (Lipinski definition) is 2. The molecule has 0 radical (unpaired) electrons. The van der Waals surface area contributed by atoms with Gasteiger partial charge in [-0.15, -0.1) is 0 Å². The van der Waals surface area contributed by atoms with E-state index in [1.54, 1.807) is 6.92 Å². The monoisotopic (exact) mass is 256 g/mol. The van der Waals surface area contributed by atoms with Crippen LogP contribution >= 0.6 is 0 Å². The molecule has 0 aliphatic carbocycles. The molecule has 0 saturated carbocycles. The van der Waals surface area contributed by atoms with Gasteiger partial charge in [-0.05, 0) is 32.7 Å². The van der Waals surface area contributed by atoms with Crippen molar-refractivity contribution >= 4 is 11.9 Å². The molecule has 1 fully saturated rings. The number of unbranched alkanes of at least 4 members (excludes halogenated alkanes) is 1. The van der Waals surface area contributed by atoms with E-state index in [9.17, 15) is 9.59 Å². The SMILES string of the molecule is CCCCNC(=O)[C@H]1CCCN([C@@H](C)C(=O)O)C1. The van der Waals surface area contributed by atoms with Crippen molar-refractivity contribution in [2.75, 3.05) is 19.6 Å². The molecule has 0 aromatic rings. The predicted octanol–water partition coefficient (Wildman–Crippen LogP) is 1.09. The molecule has 1 amide bonds. The minimum atomic E-state index is -0.818. The summed E-state index contributed by atoms with van der Waals surface area (Å²) < 4.78 is 0. The van der Waals surface area contributed by atoms with Crippen molar-refractivity contribution in [3.8, 4) is 0 Å². The molecule has 18 heavy (non-hydrogen) atoms. The van der Waals surface area contributed by atoms with Gasteiger partial charge in [0.15, 0.2) is 0 Å². The second kappa shape index (κ2) is 7.36. The highest BCUT2D eigenvalue weighted by molar-refractivity contribution is 5.79. The Morgan fingerprint density at radius 1 is 1.50 bits per heavy atom. The minimum absolute atomic E-state index is 0.0580. The number of amides is 1. The molecule has 0 aromatic heterocycles. The first-order valence-corrected chi connectivity index (χ1v) is 6.80. The van der Waals surface area contributed by atoms with E-state index >= 15 is 0 Å². The van der Waals surface area contributed by atoms with Crippen LogP contribution in [0.25, 0.3) is 0 Å². The van der Waals surface area contributed by atoms with Gasteiger partial charge in [-0.25, -0.2) is 0 Å². The first kappa shape index (κ1) is 15.0. The molecule has 1 heterocycles. The van der Waals surface area contributed by atoms with Crippen molar-refractivity contribution in [1.82, 2.24) is 10.2 Å². The summed E-state index contributed by atoms with van der Waals surface area (Å²) in [7, 11) is 0. The van der Waals surface area contributed by atoms with E-state index in [2.05, 4.69) is 12.2 Å². The van der Waals surface area contributed by atoms with Crippen LogP contribution in [0, 0.1) is 5.92 Å². The quantitative estimate of drug-likeness (QED) is 0.698. The van der Waals surface area contributed by atoms with E-state index < -0.39 is 12.0 Å². The molecule has 2 N–H and O–H groups in total. The zero-order valence-electron chi connectivity index (χ0n) is 11.3. The number of carboxylic acid groups (broad SMARTS) is 1. The van der Waals surface area contributed by atoms with Gasteiger partial charge in [-0.2, -0.15) is 0 Å². The van der Waals surface area contributed by atoms with Crippen LogP contribution in [0.5, 0.6) is 0 Å². The zero-order valence-corrected chi connectivity index (χ0v) is 11.3. The molecule has 1 rings (SSSR count). The van der Waals surface area contributed by atoms with Crippen molar-refractivity contribution in [1.29, 1.82) is 0 Å². The van der Waals surface area contributed by atoms with E-state index in [1.807, 2.05) is 4.90 Å². The molecule has 5 nitrogen and oxygen atoms in total. The van der Waals surface area contributed by atoms with E-state index in [1.165, 1.54) is 0 Å². The van der Waals surface area contributed by atoms with Gasteiger partial charge in [0, 0.05) is 13.1 Å². The third-order valence-corrected chi connectivity index (χ3v) is 3.56. The van der Waals surface area contributed by atoms with Crippen molar-refractivity contribution in [3.63, 3.8) is 0 Å². The third-order valence-electron chi connectivity index (χ3n) is 3.56. The Balaban J connectivity index is 2.43. The molecular weight excluding hydrogens is 232 g/mol. The van der Waals surface area contributed by atoms with Crippen molar-refractivity contribution in [2.45, 2.75) is 45.6 Å². The van der Waals surface area contributed by atoms with Crippen LogP contribution in [0.15, 0.2) is 0 Å². The summed E-state index contributed by atoms with van der Waals surface area (Å²) in [6.07, 6.45) is 3.81. The molecule has 0 unspecified atom stereocenters. The maximum absolute atomic E-state index is 11.9. The minimum Gasteiger partial charge on any atom is -0.480 e. The average molecular weight is 256 g/mol. The van der Waals surface area contributed by atoms with Gasteiger partial charge in [0.1, 0.15) is 6.04 Å². The van der Waals surface area contributed by atoms with Crippen LogP contribution in [0.3, 0.4) is 0 Å². The van der Waals surface area contributed by atoms with Crippen LogP contribution < -0.4 is 5.32 Å². The summed E-state index contributed by atoms with van der Waals surface area (Å²) in [5.41, 5.74) is 0. The third kappa shape index (κ3) is 4.29. The second-order valence-electron chi connectivity index (χ2n) is 4.99. The fraction of sp³-hybridized carbons (Fsp3) is 0.846. The maximum atomic E-state index is 11.9. The fourth-order valence-electron chi connectivity index (χ4n) is 2.26. The highest BCUT2D eigenvalue weighted by Gasteiger charge is 2.30. The topological polar surface area (TPSA) is 69.6 Å². The number of rotatable bonds is 6. The first-order chi connectivity index (χ1) is 8.56. The van der Waals surface area contributed by atoms with Gasteiger partial charge in [0.25, 0.3) is 0 Å². The van der Waals surface area contributed by atoms with Gasteiger partial charge in [-0.1, -0.05) is 13.3 Å². The van der Waals surface area contributed by atoms with Crippen molar-refractivity contribution in [3.05, 3.63) is 0 Å². The first-order valence-electron chi connectivity index (χ1n) is 6.80. The largest absolute Gasteiger partial charge is 0.480 e. The Hall–Kier alpha value is -1.10. The van der Waals surface area contributed by atoms with E-state index in [-0.39, 0.29) is 11.8 Å². The number of piperidine rings is 1. The molecule has 0 spiro atoms. The van der Waals surface area contributed by atoms with Crippen LogP contribution in [0.4, 0.5) is 0 Å². The molecule has 2 atom stereocenters. The summed E-state index contributed by atoms with van der Waals surface area (Å²) in [6, 6.07) is -0.503. The smallest absolute Gasteiger partial charge is 0.320 e. The Labute approximate surface area is 109 Å². The van der Waals surface area contributed by atoms with Crippen LogP contribution in [0.2, 0.25) is 0 Å². The van der Waals surface area contributed by atoms with Crippen molar-refractivity contribution < 1.29 is 14.7 Å². The van der Waals surface area contributed by atoms with Gasteiger partial charge >= 0.3 is 5.97 Å². The number of aliphatic carboxylic acids is 1. The lowest BCUT2D eigenvalue weighted by Gasteiger charge is -2.34. The van der Waals surface area contributed by atoms with Gasteiger partial charge in [-0.3, -0.25) is 14.5 Å². The number of nitrogens with zero attached hydrogens (tertiary/aromatic N) is 1. The molecular formula is C13H24N2O3. The Morgan fingerprint density at radius 2 is 2.22 bits per heavy atom. The molecule has 1 aliphatic rings. The summed E-state index contributed by atoms with van der Waals surface area (Å²) in [5, 5.41) is 11.9. The van der Waals surface area contributed by atoms with Crippen LogP contribution in [0.1, 0.15) is 39.5 Å². The molecule has 1 aliphatic heterocycles. The summed E-state index contributed by atoms with van der Waals surface area (Å²) in [5.74, 6) is -0.801. The van der Waals surface area contributed by atoms with E-state index in [0.717, 1.165) is 38.8 Å². The Bertz CT molecular complexity index is 294. The number of likely N-dealkylation sites (tertiary alicyclic amines) is 1. The maximum Gasteiger partial charge on any atom is 0.320 e. The summed E-state index contributed by atoms with van der Waals surface area (Å²) in [6.45, 7) is 5.82. The standard InChI is InChI=1S/C13H24N2O3/c1-3-4-7-14-12(16)11-6-5-8-15(9-11)10(2)13(17)18/h10-11H,3-9H2,1-2H3,(H,14,16)(H,17,18)/t10-,11-/m0/s1. The highest BCUT2D eigenvalue weighted by atomic mass is 16.4. The highest BCUT2D eigenvalue weighted by Crippen LogP contribution is 2.18. The molecule has 104 valence electrons. The number of carboxylic acids is 1.